The average molecular weight is 418 g/mol. The van der Waals surface area contributed by atoms with Crippen molar-refractivity contribution in [1.82, 2.24) is 15.5 Å². The minimum Gasteiger partial charge on any atom is -0.395 e. The molecule has 140 valence electrons. The summed E-state index contributed by atoms with van der Waals surface area (Å²) in [6.07, 6.45) is 0.0270. The summed E-state index contributed by atoms with van der Waals surface area (Å²) in [5.74, 6) is -2.22. The Hall–Kier alpha value is -1.19. The molecule has 0 saturated carbocycles. The number of carbonyl (C=O) groups is 3. The van der Waals surface area contributed by atoms with Gasteiger partial charge in [0.2, 0.25) is 17.7 Å². The van der Waals surface area contributed by atoms with Gasteiger partial charge in [-0.3, -0.25) is 14.4 Å². The van der Waals surface area contributed by atoms with Gasteiger partial charge in [-0.1, -0.05) is 15.9 Å². The van der Waals surface area contributed by atoms with Crippen molar-refractivity contribution in [2.75, 3.05) is 20.2 Å². The summed E-state index contributed by atoms with van der Waals surface area (Å²) in [4.78, 5) is 39.6. The number of rotatable bonds is 5. The lowest BCUT2D eigenvalue weighted by molar-refractivity contribution is -0.142. The molecule has 3 fully saturated rings. The Labute approximate surface area is 154 Å². The number of alkyl halides is 1. The van der Waals surface area contributed by atoms with Crippen LogP contribution in [0.4, 0.5) is 0 Å². The number of halogens is 1. The van der Waals surface area contributed by atoms with Gasteiger partial charge in [0, 0.05) is 24.5 Å². The summed E-state index contributed by atoms with van der Waals surface area (Å²) in [5, 5.41) is 14.8. The Bertz CT molecular complexity index is 600. The molecule has 0 aromatic heterocycles. The number of hydrogen-bond acceptors (Lipinski definition) is 5. The van der Waals surface area contributed by atoms with Crippen molar-refractivity contribution in [1.29, 1.82) is 0 Å². The van der Waals surface area contributed by atoms with E-state index in [1.54, 1.807) is 0 Å². The number of ether oxygens (including phenoxy) is 1. The highest BCUT2D eigenvalue weighted by atomic mass is 79.9. The van der Waals surface area contributed by atoms with Crippen LogP contribution in [0.1, 0.15) is 20.3 Å². The van der Waals surface area contributed by atoms with E-state index in [9.17, 15) is 19.5 Å². The fraction of sp³-hybridized carbons (Fsp3) is 0.812. The van der Waals surface area contributed by atoms with Gasteiger partial charge >= 0.3 is 0 Å². The third-order valence-electron chi connectivity index (χ3n) is 5.36. The van der Waals surface area contributed by atoms with Crippen LogP contribution in [-0.2, 0) is 19.1 Å². The van der Waals surface area contributed by atoms with Crippen molar-refractivity contribution in [3.05, 3.63) is 0 Å². The standard InChI is InChI=1S/C16H24BrN3O5/c1-7(2)19-14(23)12-16-6-8(17)11(25-16)9(13(22)18-3)10(16)15(24)20(12)4-5-21/h7-12,21H,4-6H2,1-3H3,(H,18,22)(H,19,23)/t8?,9-,10+,11-,12?,16?/m1/s1. The van der Waals surface area contributed by atoms with E-state index in [1.165, 1.54) is 11.9 Å². The second-order valence-electron chi connectivity index (χ2n) is 7.20. The van der Waals surface area contributed by atoms with E-state index >= 15 is 0 Å². The number of hydrogen-bond donors (Lipinski definition) is 3. The molecule has 2 bridgehead atoms. The predicted octanol–water partition coefficient (Wildman–Crippen LogP) is -1.00. The van der Waals surface area contributed by atoms with Crippen molar-refractivity contribution in [3.8, 4) is 0 Å². The fourth-order valence-corrected chi connectivity index (χ4v) is 5.55. The highest BCUT2D eigenvalue weighted by Gasteiger charge is 2.76. The van der Waals surface area contributed by atoms with Gasteiger partial charge in [-0.2, -0.15) is 0 Å². The molecular weight excluding hydrogens is 394 g/mol. The maximum Gasteiger partial charge on any atom is 0.246 e. The summed E-state index contributed by atoms with van der Waals surface area (Å²) >= 11 is 3.55. The molecule has 3 N–H and O–H groups in total. The van der Waals surface area contributed by atoms with E-state index in [1.807, 2.05) is 13.8 Å². The van der Waals surface area contributed by atoms with Crippen molar-refractivity contribution >= 4 is 33.7 Å². The molecule has 0 aliphatic carbocycles. The normalized spacial score (nSPS) is 39.0. The summed E-state index contributed by atoms with van der Waals surface area (Å²) in [6, 6.07) is -0.943. The topological polar surface area (TPSA) is 108 Å². The molecule has 3 rings (SSSR count). The smallest absolute Gasteiger partial charge is 0.246 e. The van der Waals surface area contributed by atoms with Crippen LogP contribution < -0.4 is 10.6 Å². The molecule has 3 unspecified atom stereocenters. The zero-order valence-electron chi connectivity index (χ0n) is 14.5. The van der Waals surface area contributed by atoms with Gasteiger partial charge in [0.15, 0.2) is 0 Å². The van der Waals surface area contributed by atoms with Gasteiger partial charge in [-0.05, 0) is 20.3 Å². The molecule has 9 heteroatoms. The summed E-state index contributed by atoms with van der Waals surface area (Å²) in [5.41, 5.74) is -1.04. The number of β-amino-alcohol motifs (C(OH)–C–C–N with tert-alkyl or cyclic N) is 1. The monoisotopic (exact) mass is 417 g/mol. The van der Waals surface area contributed by atoms with Crippen LogP contribution in [0.3, 0.4) is 0 Å². The minimum atomic E-state index is -1.04. The SMILES string of the molecule is CNC(=O)[C@H]1[C@@H]2OC3(CC2Br)C(C(=O)NC(C)C)N(CCO)C(=O)[C@H]13. The van der Waals surface area contributed by atoms with Crippen LogP contribution in [0.2, 0.25) is 0 Å². The first-order chi connectivity index (χ1) is 11.8. The van der Waals surface area contributed by atoms with Gasteiger partial charge in [0.05, 0.1) is 24.5 Å². The molecule has 0 aromatic rings. The molecule has 3 aliphatic rings. The largest absolute Gasteiger partial charge is 0.395 e. The second kappa shape index (κ2) is 6.51. The lowest BCUT2D eigenvalue weighted by Gasteiger charge is -2.34. The Kier molecular flexibility index (Phi) is 4.85. The van der Waals surface area contributed by atoms with Gasteiger partial charge in [-0.25, -0.2) is 0 Å². The molecule has 1 spiro atoms. The van der Waals surface area contributed by atoms with Gasteiger partial charge in [0.25, 0.3) is 0 Å². The number of carbonyl (C=O) groups excluding carboxylic acids is 3. The molecule has 3 heterocycles. The summed E-state index contributed by atoms with van der Waals surface area (Å²) in [7, 11) is 1.53. The van der Waals surface area contributed by atoms with Crippen LogP contribution in [0, 0.1) is 11.8 Å². The number of nitrogens with zero attached hydrogens (tertiary/aromatic N) is 1. The van der Waals surface area contributed by atoms with Crippen LogP contribution in [-0.4, -0.2) is 76.5 Å². The lowest BCUT2D eigenvalue weighted by atomic mass is 9.70. The molecule has 6 atom stereocenters. The first-order valence-corrected chi connectivity index (χ1v) is 9.45. The third-order valence-corrected chi connectivity index (χ3v) is 6.20. The van der Waals surface area contributed by atoms with Crippen molar-refractivity contribution in [3.63, 3.8) is 0 Å². The number of likely N-dealkylation sites (tertiary alicyclic amines) is 1. The van der Waals surface area contributed by atoms with Crippen molar-refractivity contribution < 1.29 is 24.2 Å². The zero-order chi connectivity index (χ0) is 18.5. The maximum absolute atomic E-state index is 13.1. The predicted molar refractivity (Wildman–Crippen MR) is 91.8 cm³/mol. The molecular formula is C16H24BrN3O5. The van der Waals surface area contributed by atoms with Crippen molar-refractivity contribution in [2.24, 2.45) is 11.8 Å². The number of amides is 3. The number of aliphatic hydroxyl groups is 1. The van der Waals surface area contributed by atoms with E-state index in [-0.39, 0.29) is 41.7 Å². The molecule has 3 saturated heterocycles. The lowest BCUT2D eigenvalue weighted by Crippen LogP contribution is -2.57. The molecule has 3 aliphatic heterocycles. The third kappa shape index (κ3) is 2.59. The van der Waals surface area contributed by atoms with E-state index in [0.717, 1.165) is 0 Å². The average Bonchev–Trinajstić information content (AvgIpc) is 3.11. The molecule has 0 radical (unpaired) electrons. The van der Waals surface area contributed by atoms with Crippen LogP contribution in [0.5, 0.6) is 0 Å². The molecule has 3 amide bonds. The Morgan fingerprint density at radius 1 is 1.44 bits per heavy atom. The maximum atomic E-state index is 13.1. The van der Waals surface area contributed by atoms with Gasteiger partial charge in [-0.15, -0.1) is 0 Å². The number of aliphatic hydroxyl groups excluding tert-OH is 1. The van der Waals surface area contributed by atoms with Crippen LogP contribution >= 0.6 is 15.9 Å². The number of nitrogens with one attached hydrogen (secondary N) is 2. The first kappa shape index (κ1) is 18.6. The second-order valence-corrected chi connectivity index (χ2v) is 8.37. The molecule has 0 aromatic carbocycles. The van der Waals surface area contributed by atoms with Crippen molar-refractivity contribution in [2.45, 2.75) is 48.9 Å². The van der Waals surface area contributed by atoms with E-state index in [0.29, 0.717) is 6.42 Å². The quantitative estimate of drug-likeness (QED) is 0.497. The van der Waals surface area contributed by atoms with Crippen LogP contribution in [0.15, 0.2) is 0 Å². The van der Waals surface area contributed by atoms with Gasteiger partial charge in [0.1, 0.15) is 11.6 Å². The highest BCUT2D eigenvalue weighted by molar-refractivity contribution is 9.09. The fourth-order valence-electron chi connectivity index (χ4n) is 4.61. The molecule has 25 heavy (non-hydrogen) atoms. The van der Waals surface area contributed by atoms with Crippen LogP contribution in [0.25, 0.3) is 0 Å². The van der Waals surface area contributed by atoms with E-state index in [2.05, 4.69) is 26.6 Å². The first-order valence-electron chi connectivity index (χ1n) is 8.53. The Balaban J connectivity index is 2.04. The Morgan fingerprint density at radius 3 is 2.68 bits per heavy atom. The van der Waals surface area contributed by atoms with E-state index < -0.39 is 29.6 Å². The molecule has 8 nitrogen and oxygen atoms in total. The number of fused-ring (bicyclic) bond motifs is 1. The summed E-state index contributed by atoms with van der Waals surface area (Å²) in [6.45, 7) is 3.46. The zero-order valence-corrected chi connectivity index (χ0v) is 16.1. The summed E-state index contributed by atoms with van der Waals surface area (Å²) < 4.78 is 6.18. The minimum absolute atomic E-state index is 0.0364. The Morgan fingerprint density at radius 2 is 2.12 bits per heavy atom. The van der Waals surface area contributed by atoms with E-state index in [4.69, 9.17) is 4.74 Å². The van der Waals surface area contributed by atoms with Gasteiger partial charge < -0.3 is 25.4 Å². The highest BCUT2D eigenvalue weighted by Crippen LogP contribution is 2.59.